The zero-order valence-electron chi connectivity index (χ0n) is 13.8. The van der Waals surface area contributed by atoms with Crippen molar-refractivity contribution in [2.75, 3.05) is 0 Å². The minimum atomic E-state index is 0.400. The van der Waals surface area contributed by atoms with E-state index in [1.54, 1.807) is 0 Å². The number of hydrogen-bond acceptors (Lipinski definition) is 1. The first-order valence-corrected chi connectivity index (χ1v) is 7.48. The van der Waals surface area contributed by atoms with E-state index < -0.39 is 0 Å². The molecule has 2 nitrogen and oxygen atoms in total. The lowest BCUT2D eigenvalue weighted by Gasteiger charge is -2.19. The molecule has 0 bridgehead atoms. The average molecular weight is 270 g/mol. The summed E-state index contributed by atoms with van der Waals surface area (Å²) < 4.78 is 2.04. The van der Waals surface area contributed by atoms with Gasteiger partial charge in [0.2, 0.25) is 0 Å². The molecule has 2 rings (SSSR count). The summed E-state index contributed by atoms with van der Waals surface area (Å²) in [6.07, 6.45) is 4.19. The smallest absolute Gasteiger partial charge is 0.0568 e. The summed E-state index contributed by atoms with van der Waals surface area (Å²) in [4.78, 5) is 0. The molecule has 108 valence electrons. The molecule has 0 unspecified atom stereocenters. The molecule has 0 aliphatic rings. The normalized spacial score (nSPS) is 11.7. The second-order valence-corrected chi connectivity index (χ2v) is 6.38. The van der Waals surface area contributed by atoms with Gasteiger partial charge in [0.25, 0.3) is 0 Å². The molecule has 2 heteroatoms. The molecule has 0 saturated carbocycles. The first kappa shape index (κ1) is 14.8. The maximum atomic E-state index is 4.51. The van der Waals surface area contributed by atoms with Crippen LogP contribution < -0.4 is 0 Å². The van der Waals surface area contributed by atoms with E-state index in [-0.39, 0.29) is 0 Å². The van der Waals surface area contributed by atoms with E-state index in [9.17, 15) is 0 Å². The van der Waals surface area contributed by atoms with Gasteiger partial charge in [-0.25, -0.2) is 0 Å². The van der Waals surface area contributed by atoms with Crippen molar-refractivity contribution in [3.63, 3.8) is 0 Å². The molecule has 0 fully saturated rings. The van der Waals surface area contributed by atoms with E-state index in [1.807, 2.05) is 10.9 Å². The highest BCUT2D eigenvalue weighted by Crippen LogP contribution is 2.36. The van der Waals surface area contributed by atoms with Crippen LogP contribution >= 0.6 is 0 Å². The quantitative estimate of drug-likeness (QED) is 0.751. The van der Waals surface area contributed by atoms with E-state index in [0.29, 0.717) is 12.0 Å². The van der Waals surface area contributed by atoms with Gasteiger partial charge in [0.15, 0.2) is 0 Å². The van der Waals surface area contributed by atoms with Crippen LogP contribution in [0.25, 0.3) is 11.1 Å². The standard InChI is InChI=1S/C18H26N2/c1-11(2)17-14(6)8-13(5)15(7)18(17)16-9-19-20(10-16)12(3)4/h8-12H,1-7H3. The van der Waals surface area contributed by atoms with Crippen molar-refractivity contribution >= 4 is 0 Å². The Morgan fingerprint density at radius 3 is 2.15 bits per heavy atom. The van der Waals surface area contributed by atoms with Crippen LogP contribution in [0.1, 0.15) is 61.9 Å². The van der Waals surface area contributed by atoms with Crippen LogP contribution in [0.3, 0.4) is 0 Å². The van der Waals surface area contributed by atoms with Gasteiger partial charge in [0.1, 0.15) is 0 Å². The fourth-order valence-electron chi connectivity index (χ4n) is 2.97. The summed E-state index contributed by atoms with van der Waals surface area (Å²) in [5.74, 6) is 0.520. The molecule has 0 atom stereocenters. The van der Waals surface area contributed by atoms with Crippen molar-refractivity contribution in [2.45, 2.75) is 60.4 Å². The average Bonchev–Trinajstić information content (AvgIpc) is 2.82. The maximum Gasteiger partial charge on any atom is 0.0568 e. The van der Waals surface area contributed by atoms with Crippen LogP contribution in [-0.2, 0) is 0 Å². The van der Waals surface area contributed by atoms with Crippen LogP contribution in [0.4, 0.5) is 0 Å². The molecule has 1 heterocycles. The zero-order chi connectivity index (χ0) is 15.0. The van der Waals surface area contributed by atoms with Gasteiger partial charge in [0, 0.05) is 17.8 Å². The molecular weight excluding hydrogens is 244 g/mol. The third kappa shape index (κ3) is 2.52. The molecule has 2 aromatic rings. The van der Waals surface area contributed by atoms with Gasteiger partial charge in [-0.2, -0.15) is 5.10 Å². The van der Waals surface area contributed by atoms with Gasteiger partial charge in [0.05, 0.1) is 6.20 Å². The van der Waals surface area contributed by atoms with Gasteiger partial charge < -0.3 is 0 Å². The molecule has 0 spiro atoms. The third-order valence-corrected chi connectivity index (χ3v) is 4.09. The highest BCUT2D eigenvalue weighted by Gasteiger charge is 2.17. The molecule has 0 aliphatic heterocycles. The first-order valence-electron chi connectivity index (χ1n) is 7.48. The molecule has 0 amide bonds. The molecule has 0 radical (unpaired) electrons. The van der Waals surface area contributed by atoms with Gasteiger partial charge in [-0.05, 0) is 68.4 Å². The minimum absolute atomic E-state index is 0.400. The summed E-state index contributed by atoms with van der Waals surface area (Å²) in [7, 11) is 0. The summed E-state index contributed by atoms with van der Waals surface area (Å²) >= 11 is 0. The van der Waals surface area contributed by atoms with E-state index in [0.717, 1.165) is 0 Å². The number of aromatic nitrogens is 2. The Morgan fingerprint density at radius 2 is 1.65 bits per heavy atom. The van der Waals surface area contributed by atoms with Crippen LogP contribution in [0, 0.1) is 20.8 Å². The molecule has 1 aromatic carbocycles. The van der Waals surface area contributed by atoms with Gasteiger partial charge >= 0.3 is 0 Å². The molecule has 0 saturated heterocycles. The number of aryl methyl sites for hydroxylation is 2. The van der Waals surface area contributed by atoms with Crippen LogP contribution in [0.5, 0.6) is 0 Å². The van der Waals surface area contributed by atoms with E-state index >= 15 is 0 Å². The lowest BCUT2D eigenvalue weighted by atomic mass is 9.85. The highest BCUT2D eigenvalue weighted by atomic mass is 15.3. The third-order valence-electron chi connectivity index (χ3n) is 4.09. The lowest BCUT2D eigenvalue weighted by molar-refractivity contribution is 0.532. The summed E-state index contributed by atoms with van der Waals surface area (Å²) in [6, 6.07) is 2.71. The van der Waals surface area contributed by atoms with E-state index in [2.05, 4.69) is 65.8 Å². The van der Waals surface area contributed by atoms with Gasteiger partial charge in [-0.15, -0.1) is 0 Å². The molecule has 20 heavy (non-hydrogen) atoms. The SMILES string of the molecule is Cc1cc(C)c(C(C)C)c(-c2cnn(C(C)C)c2)c1C. The summed E-state index contributed by atoms with van der Waals surface area (Å²) in [5.41, 5.74) is 8.20. The molecule has 0 N–H and O–H groups in total. The highest BCUT2D eigenvalue weighted by molar-refractivity contribution is 5.73. The Labute approximate surface area is 122 Å². The van der Waals surface area contributed by atoms with Gasteiger partial charge in [-0.1, -0.05) is 19.9 Å². The second-order valence-electron chi connectivity index (χ2n) is 6.38. The van der Waals surface area contributed by atoms with E-state index in [4.69, 9.17) is 0 Å². The number of benzene rings is 1. The summed E-state index contributed by atoms with van der Waals surface area (Å²) in [5, 5.41) is 4.51. The van der Waals surface area contributed by atoms with Crippen molar-refractivity contribution in [2.24, 2.45) is 0 Å². The fourth-order valence-corrected chi connectivity index (χ4v) is 2.97. The van der Waals surface area contributed by atoms with Crippen molar-refractivity contribution in [1.82, 2.24) is 9.78 Å². The van der Waals surface area contributed by atoms with Crippen molar-refractivity contribution in [3.05, 3.63) is 40.7 Å². The zero-order valence-corrected chi connectivity index (χ0v) is 13.8. The number of nitrogens with zero attached hydrogens (tertiary/aromatic N) is 2. The van der Waals surface area contributed by atoms with Crippen LogP contribution in [0.15, 0.2) is 18.5 Å². The predicted octanol–water partition coefficient (Wildman–Crippen LogP) is 5.18. The number of rotatable bonds is 3. The van der Waals surface area contributed by atoms with Crippen molar-refractivity contribution in [1.29, 1.82) is 0 Å². The second kappa shape index (κ2) is 5.43. The summed E-state index contributed by atoms with van der Waals surface area (Å²) in [6.45, 7) is 15.5. The first-order chi connectivity index (χ1) is 9.32. The van der Waals surface area contributed by atoms with Crippen LogP contribution in [0.2, 0.25) is 0 Å². The Kier molecular flexibility index (Phi) is 4.03. The topological polar surface area (TPSA) is 17.8 Å². The van der Waals surface area contributed by atoms with Crippen molar-refractivity contribution in [3.8, 4) is 11.1 Å². The lowest BCUT2D eigenvalue weighted by Crippen LogP contribution is -2.01. The maximum absolute atomic E-state index is 4.51. The molecule has 0 aliphatic carbocycles. The molecule has 1 aromatic heterocycles. The monoisotopic (exact) mass is 270 g/mol. The van der Waals surface area contributed by atoms with E-state index in [1.165, 1.54) is 33.4 Å². The van der Waals surface area contributed by atoms with Crippen molar-refractivity contribution < 1.29 is 0 Å². The molecular formula is C18H26N2. The Morgan fingerprint density at radius 1 is 1.00 bits per heavy atom. The predicted molar refractivity (Wildman–Crippen MR) is 86.3 cm³/mol. The largest absolute Gasteiger partial charge is 0.270 e. The minimum Gasteiger partial charge on any atom is -0.270 e. The van der Waals surface area contributed by atoms with Gasteiger partial charge in [-0.3, -0.25) is 4.68 Å². The Balaban J connectivity index is 2.70. The number of hydrogen-bond donors (Lipinski definition) is 0. The Bertz CT molecular complexity index is 619. The fraction of sp³-hybridized carbons (Fsp3) is 0.500. The van der Waals surface area contributed by atoms with Crippen LogP contribution in [-0.4, -0.2) is 9.78 Å². The Hall–Kier alpha value is -1.57.